The molecule has 0 saturated carbocycles. The monoisotopic (exact) mass is 249 g/mol. The molecule has 17 heavy (non-hydrogen) atoms. The molecule has 5 nitrogen and oxygen atoms in total. The smallest absolute Gasteiger partial charge is 0.278 e. The van der Waals surface area contributed by atoms with E-state index in [-0.39, 0.29) is 5.69 Å². The van der Waals surface area contributed by atoms with E-state index in [2.05, 4.69) is 22.0 Å². The zero-order valence-electron chi connectivity index (χ0n) is 8.74. The molecule has 86 valence electrons. The van der Waals surface area contributed by atoms with E-state index < -0.39 is 4.92 Å². The summed E-state index contributed by atoms with van der Waals surface area (Å²) in [6, 6.07) is 3.18. The second kappa shape index (κ2) is 4.85. The van der Waals surface area contributed by atoms with E-state index in [1.165, 1.54) is 12.3 Å². The first-order valence-electron chi connectivity index (χ1n) is 4.88. The molecule has 6 heteroatoms. The summed E-state index contributed by atoms with van der Waals surface area (Å²) in [6.45, 7) is 0. The molecule has 0 unspecified atom stereocenters. The van der Waals surface area contributed by atoms with Crippen molar-refractivity contribution in [3.63, 3.8) is 0 Å². The molecule has 2 rings (SSSR count). The molecule has 1 aromatic carbocycles. The largest absolute Gasteiger partial charge is 0.281 e. The molecule has 0 aliphatic rings. The Morgan fingerprint density at radius 1 is 1.53 bits per heavy atom. The Kier molecular flexibility index (Phi) is 3.26. The van der Waals surface area contributed by atoms with Crippen LogP contribution in [0.2, 0.25) is 0 Å². The lowest BCUT2D eigenvalue weighted by molar-refractivity contribution is -0.383. The zero-order chi connectivity index (χ0) is 12.3. The van der Waals surface area contributed by atoms with Gasteiger partial charge < -0.3 is 0 Å². The van der Waals surface area contributed by atoms with Gasteiger partial charge in [-0.05, 0) is 6.07 Å². The van der Waals surface area contributed by atoms with Gasteiger partial charge in [0, 0.05) is 23.9 Å². The van der Waals surface area contributed by atoms with E-state index in [0.29, 0.717) is 28.8 Å². The van der Waals surface area contributed by atoms with E-state index >= 15 is 0 Å². The van der Waals surface area contributed by atoms with Crippen LogP contribution in [0.5, 0.6) is 0 Å². The van der Waals surface area contributed by atoms with Crippen LogP contribution in [0.1, 0.15) is 12.0 Å². The minimum atomic E-state index is -0.440. The van der Waals surface area contributed by atoms with Crippen LogP contribution in [0, 0.1) is 22.0 Å². The lowest BCUT2D eigenvalue weighted by atomic mass is 10.1. The van der Waals surface area contributed by atoms with Crippen molar-refractivity contribution in [2.24, 2.45) is 0 Å². The summed E-state index contributed by atoms with van der Waals surface area (Å²) in [6.07, 6.45) is 1.99. The third-order valence-electron chi connectivity index (χ3n) is 2.19. The lowest BCUT2D eigenvalue weighted by Crippen LogP contribution is -1.90. The Labute approximate surface area is 102 Å². The van der Waals surface area contributed by atoms with Crippen LogP contribution in [-0.4, -0.2) is 21.0 Å². The van der Waals surface area contributed by atoms with Gasteiger partial charge in [0.15, 0.2) is 0 Å². The number of nitrogens with one attached hydrogen (secondary N) is 1. The highest BCUT2D eigenvalue weighted by Gasteiger charge is 2.14. The molecule has 0 spiro atoms. The zero-order valence-corrected chi connectivity index (χ0v) is 9.49. The molecule has 0 aliphatic carbocycles. The van der Waals surface area contributed by atoms with Gasteiger partial charge in [0.05, 0.1) is 22.0 Å². The summed E-state index contributed by atoms with van der Waals surface area (Å²) in [4.78, 5) is 10.4. The fourth-order valence-corrected chi connectivity index (χ4v) is 1.56. The van der Waals surface area contributed by atoms with Crippen LogP contribution in [0.15, 0.2) is 18.3 Å². The van der Waals surface area contributed by atoms with Crippen LogP contribution < -0.4 is 0 Å². The number of nitro groups is 1. The maximum atomic E-state index is 10.9. The normalized spacial score (nSPS) is 9.94. The van der Waals surface area contributed by atoms with Crippen molar-refractivity contribution < 1.29 is 4.92 Å². The molecule has 0 atom stereocenters. The highest BCUT2D eigenvalue weighted by Crippen LogP contribution is 2.25. The van der Waals surface area contributed by atoms with Crippen LogP contribution in [0.25, 0.3) is 10.9 Å². The first-order chi connectivity index (χ1) is 8.22. The molecule has 0 bridgehead atoms. The molecule has 1 N–H and O–H groups in total. The number of nitrogens with zero attached hydrogens (tertiary/aromatic N) is 2. The summed E-state index contributed by atoms with van der Waals surface area (Å²) < 4.78 is 0. The van der Waals surface area contributed by atoms with Gasteiger partial charge in [0.1, 0.15) is 0 Å². The Balaban J connectivity index is 2.52. The maximum absolute atomic E-state index is 10.9. The van der Waals surface area contributed by atoms with E-state index in [0.717, 1.165) is 0 Å². The fourth-order valence-electron chi connectivity index (χ4n) is 1.47. The second-order valence-corrected chi connectivity index (χ2v) is 3.70. The maximum Gasteiger partial charge on any atom is 0.281 e. The van der Waals surface area contributed by atoms with Gasteiger partial charge >= 0.3 is 0 Å². The van der Waals surface area contributed by atoms with Crippen molar-refractivity contribution in [3.05, 3.63) is 34.0 Å². The summed E-state index contributed by atoms with van der Waals surface area (Å²) in [5.74, 6) is 6.12. The molecule has 0 saturated heterocycles. The number of aromatic nitrogens is 2. The van der Waals surface area contributed by atoms with Crippen molar-refractivity contribution >= 4 is 28.2 Å². The number of non-ortho nitro benzene ring substituents is 1. The van der Waals surface area contributed by atoms with Crippen LogP contribution in [0.3, 0.4) is 0 Å². The van der Waals surface area contributed by atoms with Crippen LogP contribution >= 0.6 is 11.6 Å². The standard InChI is InChI=1S/C11H8ClN3O2/c12-4-2-1-3-8-5-10-9(7-13-14-10)11(6-8)15(16)17/h5-7H,2,4H2,(H,13,14). The third-order valence-corrected chi connectivity index (χ3v) is 2.37. The summed E-state index contributed by atoms with van der Waals surface area (Å²) in [5.41, 5.74) is 1.19. The third kappa shape index (κ3) is 2.37. The minimum Gasteiger partial charge on any atom is -0.278 e. The topological polar surface area (TPSA) is 71.8 Å². The Bertz CT molecular complexity index is 624. The molecule has 1 heterocycles. The van der Waals surface area contributed by atoms with Crippen LogP contribution in [0.4, 0.5) is 5.69 Å². The molecule has 0 fully saturated rings. The molecule has 0 amide bonds. The number of rotatable bonds is 2. The SMILES string of the molecule is O=[N+]([O-])c1cc(C#CCCCl)cc2[nH]ncc12. The first kappa shape index (κ1) is 11.4. The number of benzene rings is 1. The minimum absolute atomic E-state index is 0.00595. The lowest BCUT2D eigenvalue weighted by Gasteiger charge is -1.95. The summed E-state index contributed by atoms with van der Waals surface area (Å²) >= 11 is 5.50. The molecule has 2 aromatic rings. The number of fused-ring (bicyclic) bond motifs is 1. The number of halogens is 1. The quantitative estimate of drug-likeness (QED) is 0.385. The van der Waals surface area contributed by atoms with Crippen molar-refractivity contribution in [3.8, 4) is 11.8 Å². The van der Waals surface area contributed by atoms with Crippen LogP contribution in [-0.2, 0) is 0 Å². The highest BCUT2D eigenvalue weighted by molar-refractivity contribution is 6.18. The average molecular weight is 250 g/mol. The number of alkyl halides is 1. The predicted octanol–water partition coefficient (Wildman–Crippen LogP) is 2.45. The van der Waals surface area contributed by atoms with Crippen molar-refractivity contribution in [2.75, 3.05) is 5.88 Å². The van der Waals surface area contributed by atoms with Gasteiger partial charge in [-0.25, -0.2) is 0 Å². The van der Waals surface area contributed by atoms with Gasteiger partial charge in [0.2, 0.25) is 0 Å². The van der Waals surface area contributed by atoms with Gasteiger partial charge in [-0.15, -0.1) is 11.6 Å². The Morgan fingerprint density at radius 2 is 2.35 bits per heavy atom. The number of nitro benzene ring substituents is 1. The number of aromatic amines is 1. The van der Waals surface area contributed by atoms with Gasteiger partial charge in [-0.3, -0.25) is 15.2 Å². The summed E-state index contributed by atoms with van der Waals surface area (Å²) in [5, 5.41) is 17.9. The van der Waals surface area contributed by atoms with Gasteiger partial charge in [-0.2, -0.15) is 5.10 Å². The second-order valence-electron chi connectivity index (χ2n) is 3.32. The fraction of sp³-hybridized carbons (Fsp3) is 0.182. The van der Waals surface area contributed by atoms with Crippen molar-refractivity contribution in [2.45, 2.75) is 6.42 Å². The molecular weight excluding hydrogens is 242 g/mol. The van der Waals surface area contributed by atoms with E-state index in [9.17, 15) is 10.1 Å². The van der Waals surface area contributed by atoms with Gasteiger partial charge in [0.25, 0.3) is 5.69 Å². The van der Waals surface area contributed by atoms with E-state index in [1.807, 2.05) is 0 Å². The first-order valence-corrected chi connectivity index (χ1v) is 5.42. The van der Waals surface area contributed by atoms with Gasteiger partial charge in [-0.1, -0.05) is 11.8 Å². The summed E-state index contributed by atoms with van der Waals surface area (Å²) in [7, 11) is 0. The molecule has 1 aromatic heterocycles. The molecular formula is C11H8ClN3O2. The number of H-pyrrole nitrogens is 1. The Morgan fingerprint density at radius 3 is 3.06 bits per heavy atom. The Hall–Kier alpha value is -2.06. The highest BCUT2D eigenvalue weighted by atomic mass is 35.5. The number of hydrogen-bond acceptors (Lipinski definition) is 3. The predicted molar refractivity (Wildman–Crippen MR) is 65.0 cm³/mol. The average Bonchev–Trinajstić information content (AvgIpc) is 2.76. The molecule has 0 radical (unpaired) electrons. The number of hydrogen-bond donors (Lipinski definition) is 1. The van der Waals surface area contributed by atoms with Crippen molar-refractivity contribution in [1.29, 1.82) is 0 Å². The van der Waals surface area contributed by atoms with E-state index in [4.69, 9.17) is 11.6 Å². The van der Waals surface area contributed by atoms with E-state index in [1.54, 1.807) is 6.07 Å². The van der Waals surface area contributed by atoms with Crippen molar-refractivity contribution in [1.82, 2.24) is 10.2 Å². The molecule has 0 aliphatic heterocycles.